The van der Waals surface area contributed by atoms with E-state index >= 15 is 0 Å². The predicted molar refractivity (Wildman–Crippen MR) is 83.0 cm³/mol. The summed E-state index contributed by atoms with van der Waals surface area (Å²) in [5.74, 6) is 4.64. The number of hydrogen-bond donors (Lipinski definition) is 0. The molecule has 0 aromatic rings. The highest BCUT2D eigenvalue weighted by atomic mass is 32.2. The predicted octanol–water partition coefficient (Wildman–Crippen LogP) is 4.93. The van der Waals surface area contributed by atoms with Gasteiger partial charge in [0, 0.05) is 10.5 Å². The molecule has 0 aliphatic carbocycles. The first-order valence-corrected chi connectivity index (χ1v) is 9.10. The summed E-state index contributed by atoms with van der Waals surface area (Å²) >= 11 is 4.55. The standard InChI is InChI=1S/C15H28S2/c1-7-15(5,6)11-9-17-12-10(14(2,3)4)8-16-13(11)12/h10-13H,7-9H2,1-6H3. The van der Waals surface area contributed by atoms with Crippen LogP contribution in [0.4, 0.5) is 0 Å². The first kappa shape index (κ1) is 14.1. The Morgan fingerprint density at radius 3 is 1.82 bits per heavy atom. The molecule has 2 heteroatoms. The van der Waals surface area contributed by atoms with Crippen molar-refractivity contribution in [1.82, 2.24) is 0 Å². The van der Waals surface area contributed by atoms with Gasteiger partial charge in [-0.15, -0.1) is 0 Å². The van der Waals surface area contributed by atoms with Gasteiger partial charge >= 0.3 is 0 Å². The Balaban J connectivity index is 2.12. The van der Waals surface area contributed by atoms with E-state index in [9.17, 15) is 0 Å². The van der Waals surface area contributed by atoms with Crippen LogP contribution in [0, 0.1) is 22.7 Å². The maximum absolute atomic E-state index is 2.48. The van der Waals surface area contributed by atoms with Gasteiger partial charge in [-0.25, -0.2) is 0 Å². The summed E-state index contributed by atoms with van der Waals surface area (Å²) in [5.41, 5.74) is 1.02. The van der Waals surface area contributed by atoms with E-state index in [1.165, 1.54) is 17.9 Å². The largest absolute Gasteiger partial charge is 0.157 e. The van der Waals surface area contributed by atoms with Crippen molar-refractivity contribution in [3.63, 3.8) is 0 Å². The summed E-state index contributed by atoms with van der Waals surface area (Å²) in [4.78, 5) is 0. The molecule has 4 atom stereocenters. The van der Waals surface area contributed by atoms with Crippen LogP contribution in [0.2, 0.25) is 0 Å². The van der Waals surface area contributed by atoms with E-state index in [2.05, 4.69) is 65.1 Å². The average Bonchev–Trinajstić information content (AvgIpc) is 2.74. The molecule has 0 amide bonds. The number of thioether (sulfide) groups is 2. The minimum absolute atomic E-state index is 0.491. The van der Waals surface area contributed by atoms with E-state index in [1.54, 1.807) is 0 Å². The van der Waals surface area contributed by atoms with Crippen molar-refractivity contribution in [2.75, 3.05) is 11.5 Å². The van der Waals surface area contributed by atoms with E-state index in [-0.39, 0.29) is 0 Å². The van der Waals surface area contributed by atoms with Gasteiger partial charge in [-0.3, -0.25) is 0 Å². The lowest BCUT2D eigenvalue weighted by Crippen LogP contribution is -2.35. The smallest absolute Gasteiger partial charge is 0.0211 e. The Kier molecular flexibility index (Phi) is 3.88. The fourth-order valence-corrected chi connectivity index (χ4v) is 8.31. The summed E-state index contributed by atoms with van der Waals surface area (Å²) in [6.07, 6.45) is 1.32. The molecule has 0 saturated carbocycles. The molecule has 2 fully saturated rings. The lowest BCUT2D eigenvalue weighted by Gasteiger charge is -2.34. The highest BCUT2D eigenvalue weighted by Gasteiger charge is 2.52. The fourth-order valence-electron chi connectivity index (χ4n) is 3.17. The monoisotopic (exact) mass is 272 g/mol. The minimum atomic E-state index is 0.491. The molecule has 0 N–H and O–H groups in total. The van der Waals surface area contributed by atoms with E-state index in [4.69, 9.17) is 0 Å². The number of rotatable bonds is 2. The molecule has 0 aromatic carbocycles. The third kappa shape index (κ3) is 2.54. The van der Waals surface area contributed by atoms with Gasteiger partial charge in [-0.2, -0.15) is 23.5 Å². The molecule has 0 radical (unpaired) electrons. The SMILES string of the molecule is CCC(C)(C)C1CSC2C1SCC2C(C)(C)C. The van der Waals surface area contributed by atoms with Crippen LogP contribution in [-0.2, 0) is 0 Å². The number of hydrogen-bond acceptors (Lipinski definition) is 2. The first-order chi connectivity index (χ1) is 7.77. The summed E-state index contributed by atoms with van der Waals surface area (Å²) in [6, 6.07) is 0. The van der Waals surface area contributed by atoms with Gasteiger partial charge in [-0.05, 0) is 34.2 Å². The van der Waals surface area contributed by atoms with Crippen molar-refractivity contribution >= 4 is 23.5 Å². The van der Waals surface area contributed by atoms with E-state index < -0.39 is 0 Å². The van der Waals surface area contributed by atoms with Crippen LogP contribution in [0.15, 0.2) is 0 Å². The van der Waals surface area contributed by atoms with Crippen molar-refractivity contribution in [3.8, 4) is 0 Å². The van der Waals surface area contributed by atoms with Crippen LogP contribution in [0.3, 0.4) is 0 Å². The maximum Gasteiger partial charge on any atom is 0.0211 e. The van der Waals surface area contributed by atoms with Crippen LogP contribution in [-0.4, -0.2) is 22.0 Å². The second kappa shape index (κ2) is 4.67. The molecular formula is C15H28S2. The van der Waals surface area contributed by atoms with Crippen molar-refractivity contribution in [2.24, 2.45) is 22.7 Å². The molecule has 2 rings (SSSR count). The zero-order chi connectivity index (χ0) is 12.8. The van der Waals surface area contributed by atoms with Crippen molar-refractivity contribution in [3.05, 3.63) is 0 Å². The summed E-state index contributed by atoms with van der Waals surface area (Å²) < 4.78 is 0. The lowest BCUT2D eigenvalue weighted by molar-refractivity contribution is 0.207. The second-order valence-electron chi connectivity index (χ2n) is 7.52. The maximum atomic E-state index is 2.48. The van der Waals surface area contributed by atoms with Crippen molar-refractivity contribution in [1.29, 1.82) is 0 Å². The number of fused-ring (bicyclic) bond motifs is 1. The Morgan fingerprint density at radius 1 is 0.882 bits per heavy atom. The van der Waals surface area contributed by atoms with Crippen LogP contribution >= 0.6 is 23.5 Å². The third-order valence-electron chi connectivity index (χ3n) is 5.08. The zero-order valence-corrected chi connectivity index (χ0v) is 13.9. The van der Waals surface area contributed by atoms with Crippen LogP contribution in [0.25, 0.3) is 0 Å². The zero-order valence-electron chi connectivity index (χ0n) is 12.2. The van der Waals surface area contributed by atoms with Crippen LogP contribution in [0.5, 0.6) is 0 Å². The van der Waals surface area contributed by atoms with Gasteiger partial charge in [0.2, 0.25) is 0 Å². The molecule has 4 unspecified atom stereocenters. The van der Waals surface area contributed by atoms with Gasteiger partial charge in [-0.1, -0.05) is 48.0 Å². The average molecular weight is 273 g/mol. The molecule has 2 heterocycles. The first-order valence-electron chi connectivity index (χ1n) is 7.00. The van der Waals surface area contributed by atoms with E-state index in [0.717, 1.165) is 22.3 Å². The molecule has 100 valence electrons. The van der Waals surface area contributed by atoms with Gasteiger partial charge in [0.05, 0.1) is 0 Å². The molecule has 2 aliphatic heterocycles. The van der Waals surface area contributed by atoms with Gasteiger partial charge in [0.15, 0.2) is 0 Å². The van der Waals surface area contributed by atoms with Crippen LogP contribution < -0.4 is 0 Å². The Hall–Kier alpha value is 0.700. The van der Waals surface area contributed by atoms with Gasteiger partial charge in [0.25, 0.3) is 0 Å². The molecule has 0 spiro atoms. The van der Waals surface area contributed by atoms with Crippen molar-refractivity contribution < 1.29 is 0 Å². The lowest BCUT2D eigenvalue weighted by atomic mass is 9.72. The molecule has 0 nitrogen and oxygen atoms in total. The topological polar surface area (TPSA) is 0 Å². The van der Waals surface area contributed by atoms with E-state index in [1.807, 2.05) is 0 Å². The van der Waals surface area contributed by atoms with Crippen molar-refractivity contribution in [2.45, 2.75) is 58.5 Å². The Labute approximate surface area is 116 Å². The molecule has 0 bridgehead atoms. The summed E-state index contributed by atoms with van der Waals surface area (Å²) in [7, 11) is 0. The Morgan fingerprint density at radius 2 is 1.35 bits per heavy atom. The molecule has 2 saturated heterocycles. The highest BCUT2D eigenvalue weighted by Crippen LogP contribution is 2.58. The summed E-state index contributed by atoms with van der Waals surface area (Å²) in [6.45, 7) is 14.6. The molecule has 0 aromatic heterocycles. The quantitative estimate of drug-likeness (QED) is 0.699. The second-order valence-corrected chi connectivity index (χ2v) is 9.94. The molecule has 2 aliphatic rings. The Bertz CT molecular complexity index is 277. The highest BCUT2D eigenvalue weighted by molar-refractivity contribution is 8.05. The van der Waals surface area contributed by atoms with Gasteiger partial charge < -0.3 is 0 Å². The van der Waals surface area contributed by atoms with Crippen LogP contribution in [0.1, 0.15) is 48.0 Å². The molecule has 17 heavy (non-hydrogen) atoms. The minimum Gasteiger partial charge on any atom is -0.157 e. The van der Waals surface area contributed by atoms with E-state index in [0.29, 0.717) is 10.8 Å². The fraction of sp³-hybridized carbons (Fsp3) is 1.00. The van der Waals surface area contributed by atoms with Gasteiger partial charge in [0.1, 0.15) is 0 Å². The normalized spacial score (nSPS) is 38.5. The molecular weight excluding hydrogens is 244 g/mol. The third-order valence-corrected chi connectivity index (χ3v) is 8.37. The summed E-state index contributed by atoms with van der Waals surface area (Å²) in [5, 5.41) is 1.86.